The molecule has 5 radical (unpaired) electrons. The van der Waals surface area contributed by atoms with Gasteiger partial charge in [-0.15, -0.1) is 0 Å². The first-order valence-electron chi connectivity index (χ1n) is 0.183. The van der Waals surface area contributed by atoms with Gasteiger partial charge >= 0.3 is 36.0 Å². The van der Waals surface area contributed by atoms with Crippen LogP contribution in [0.3, 0.4) is 0 Å². The van der Waals surface area contributed by atoms with Crippen LogP contribution in [0.2, 0.25) is 0 Å². The maximum absolute atomic E-state index is 2.00. The van der Waals surface area contributed by atoms with Crippen molar-refractivity contribution in [2.24, 2.45) is 0 Å². The molecule has 0 fully saturated rings. The normalized spacial score (nSPS) is 1.00. The molecule has 0 aromatic heterocycles. The predicted molar refractivity (Wildman–Crippen MR) is 17.3 cm³/mol. The average Bonchev–Trinajstić information content (AvgIpc) is 1.00. The van der Waals surface area contributed by atoms with Crippen molar-refractivity contribution in [1.82, 2.24) is 0 Å². The van der Waals surface area contributed by atoms with Gasteiger partial charge in [0.15, 0.2) is 0 Å². The van der Waals surface area contributed by atoms with Crippen LogP contribution in [0.1, 0.15) is 0 Å². The summed E-state index contributed by atoms with van der Waals surface area (Å²) in [5.41, 5.74) is 0. The molecule has 0 unspecified atom stereocenters. The average molecular weight is 472 g/mol. The topological polar surface area (TPSA) is 0 Å². The molecule has 0 aliphatic carbocycles. The Morgan fingerprint density at radius 1 is 1.25 bits per heavy atom. The van der Waals surface area contributed by atoms with E-state index in [1.807, 2.05) is 17.6 Å². The fourth-order valence-corrected chi connectivity index (χ4v) is 0. The van der Waals surface area contributed by atoms with Crippen molar-refractivity contribution in [2.75, 3.05) is 0 Å². The van der Waals surface area contributed by atoms with E-state index >= 15 is 0 Å². The summed E-state index contributed by atoms with van der Waals surface area (Å²) in [7, 11) is 0. The van der Waals surface area contributed by atoms with E-state index in [1.165, 1.54) is 0 Å². The second-order valence-corrected chi connectivity index (χ2v) is 0. The molecule has 0 aromatic rings. The van der Waals surface area contributed by atoms with Crippen LogP contribution in [-0.2, 0) is 22.4 Å². The van der Waals surface area contributed by atoms with Crippen LogP contribution in [-0.4, -0.2) is 61.9 Å². The molecule has 0 aliphatic rings. The first kappa shape index (κ1) is 15.7. The third kappa shape index (κ3) is 8.96. The maximum atomic E-state index is 2.00. The molecule has 0 N–H and O–H groups in total. The van der Waals surface area contributed by atoms with Crippen molar-refractivity contribution in [1.29, 1.82) is 0 Å². The minimum absolute atomic E-state index is 0. The second kappa shape index (κ2) is 16.3. The van der Waals surface area contributed by atoms with E-state index < -0.39 is 0 Å². The third-order valence-electron chi connectivity index (χ3n) is 0. The monoisotopic (exact) mass is 473 g/mol. The van der Waals surface area contributed by atoms with E-state index in [-0.39, 0.29) is 48.2 Å². The van der Waals surface area contributed by atoms with Crippen LogP contribution >= 0.6 is 0 Å². The van der Waals surface area contributed by atoms with E-state index in [0.29, 0.717) is 0 Å². The van der Waals surface area contributed by atoms with E-state index in [4.69, 9.17) is 0 Å². The SMILES string of the molecule is [Ag].[In].[Sb]=[Te]. The molecule has 0 spiro atoms. The van der Waals surface area contributed by atoms with Gasteiger partial charge in [0.25, 0.3) is 0 Å². The predicted octanol–water partition coefficient (Wildman–Crippen LogP) is -1.14. The van der Waals surface area contributed by atoms with Crippen LogP contribution in [0.4, 0.5) is 0 Å². The standard InChI is InChI=1S/Ag.In.Sb.Te. The summed E-state index contributed by atoms with van der Waals surface area (Å²) in [5, 5.41) is 0. The van der Waals surface area contributed by atoms with E-state index in [1.54, 1.807) is 18.4 Å². The Morgan fingerprint density at radius 3 is 1.25 bits per heavy atom. The van der Waals surface area contributed by atoms with Gasteiger partial charge in [-0.3, -0.25) is 0 Å². The molecule has 0 aliphatic heterocycles. The number of rotatable bonds is 0. The summed E-state index contributed by atoms with van der Waals surface area (Å²) in [6, 6.07) is 0. The summed E-state index contributed by atoms with van der Waals surface area (Å²) < 4.78 is 0. The van der Waals surface area contributed by atoms with Crippen molar-refractivity contribution in [2.45, 2.75) is 0 Å². The summed E-state index contributed by atoms with van der Waals surface area (Å²) >= 11 is 3.76. The summed E-state index contributed by atoms with van der Waals surface area (Å²) in [4.78, 5) is 0. The number of hydrogen-bond acceptors (Lipinski definition) is 0. The number of hydrogen-bond donors (Lipinski definition) is 0. The summed E-state index contributed by atoms with van der Waals surface area (Å²) in [6.45, 7) is 0. The first-order chi connectivity index (χ1) is 1.00. The molecular formula is AgInSbTe. The fourth-order valence-electron chi connectivity index (χ4n) is 0. The second-order valence-electron chi connectivity index (χ2n) is 0. The molecule has 0 nitrogen and oxygen atoms in total. The summed E-state index contributed by atoms with van der Waals surface area (Å²) in [6.07, 6.45) is 0. The van der Waals surface area contributed by atoms with Gasteiger partial charge in [-0.2, -0.15) is 0 Å². The quantitative estimate of drug-likeness (QED) is 0.392. The zero-order valence-electron chi connectivity index (χ0n) is 1.73. The van der Waals surface area contributed by atoms with Gasteiger partial charge in [0.1, 0.15) is 0 Å². The van der Waals surface area contributed by atoms with E-state index in [2.05, 4.69) is 0 Å². The van der Waals surface area contributed by atoms with Crippen molar-refractivity contribution >= 4 is 61.9 Å². The Labute approximate surface area is 82.3 Å². The minimum atomic E-state index is 0. The van der Waals surface area contributed by atoms with Crippen LogP contribution in [0, 0.1) is 0 Å². The molecular weight excluding hydrogens is 472 g/mol. The fraction of sp³-hybridized carbons (Fsp3) is 0. The molecule has 0 rings (SSSR count). The van der Waals surface area contributed by atoms with Gasteiger partial charge in [0.05, 0.1) is 0 Å². The molecule has 0 saturated heterocycles. The molecule has 0 bridgehead atoms. The third-order valence-corrected chi connectivity index (χ3v) is 0. The van der Waals surface area contributed by atoms with Crippen LogP contribution < -0.4 is 0 Å². The molecule has 4 heteroatoms. The zero-order valence-corrected chi connectivity index (χ0v) is 11.4. The zero-order chi connectivity index (χ0) is 2.00. The van der Waals surface area contributed by atoms with Crippen molar-refractivity contribution in [3.05, 3.63) is 0 Å². The van der Waals surface area contributed by atoms with Crippen molar-refractivity contribution in [3.8, 4) is 0 Å². The van der Waals surface area contributed by atoms with Gasteiger partial charge in [-0.1, -0.05) is 0 Å². The molecule has 4 heavy (non-hydrogen) atoms. The van der Waals surface area contributed by atoms with E-state index in [9.17, 15) is 0 Å². The Morgan fingerprint density at radius 2 is 1.25 bits per heavy atom. The molecule has 0 saturated carbocycles. The Hall–Kier alpha value is 3.22. The van der Waals surface area contributed by atoms with Crippen molar-refractivity contribution in [3.63, 3.8) is 0 Å². The van der Waals surface area contributed by atoms with Gasteiger partial charge < -0.3 is 0 Å². The van der Waals surface area contributed by atoms with Crippen LogP contribution in [0.25, 0.3) is 0 Å². The van der Waals surface area contributed by atoms with Crippen LogP contribution in [0.5, 0.6) is 0 Å². The molecule has 0 amide bonds. The van der Waals surface area contributed by atoms with Gasteiger partial charge in [0.2, 0.25) is 0 Å². The van der Waals surface area contributed by atoms with Gasteiger partial charge in [-0.05, 0) is 0 Å². The Kier molecular flexibility index (Phi) is 64.1. The van der Waals surface area contributed by atoms with Gasteiger partial charge in [-0.25, -0.2) is 0 Å². The van der Waals surface area contributed by atoms with Crippen LogP contribution in [0.15, 0.2) is 0 Å². The molecule has 0 atom stereocenters. The first-order valence-corrected chi connectivity index (χ1v) is 8.22. The Bertz CT molecular complexity index is 8.00. The molecule has 25 valence electrons. The van der Waals surface area contributed by atoms with Crippen molar-refractivity contribution < 1.29 is 22.4 Å². The van der Waals surface area contributed by atoms with Gasteiger partial charge in [0, 0.05) is 48.2 Å². The van der Waals surface area contributed by atoms with E-state index in [0.717, 1.165) is 0 Å². The molecule has 0 heterocycles. The summed E-state index contributed by atoms with van der Waals surface area (Å²) in [5.74, 6) is 0. The molecule has 0 aromatic carbocycles. The Balaban J connectivity index is -0.00000000500.